The number of amides is 1. The van der Waals surface area contributed by atoms with Crippen LogP contribution in [0.1, 0.15) is 15.9 Å². The van der Waals surface area contributed by atoms with Crippen LogP contribution in [0, 0.1) is 5.82 Å². The number of aromatic nitrogens is 2. The van der Waals surface area contributed by atoms with Gasteiger partial charge in [-0.15, -0.1) is 0 Å². The van der Waals surface area contributed by atoms with Crippen LogP contribution < -0.4 is 16.1 Å². The molecule has 0 atom stereocenters. The Labute approximate surface area is 148 Å². The number of halogens is 1. The molecule has 1 aromatic heterocycles. The topological polar surface area (TPSA) is 75.2 Å². The van der Waals surface area contributed by atoms with Crippen LogP contribution in [-0.2, 0) is 6.54 Å². The lowest BCUT2D eigenvalue weighted by molar-refractivity contribution is 0.0990. The number of para-hydroxylation sites is 1. The summed E-state index contributed by atoms with van der Waals surface area (Å²) in [5.41, 5.74) is -0.904. The standard InChI is InChI=1S/C19H16FN3O3/c1-22(14-8-3-2-4-9-14)17(24)15-11-21-19(26)23(18(15)25)12-13-7-5-6-10-16(13)20/h2-11H,12H2,1H3,(H,21,26). The summed E-state index contributed by atoms with van der Waals surface area (Å²) in [4.78, 5) is 41.0. The molecule has 2 aromatic carbocycles. The van der Waals surface area contributed by atoms with Crippen LogP contribution in [0.3, 0.4) is 0 Å². The van der Waals surface area contributed by atoms with Gasteiger partial charge in [0.05, 0.1) is 6.54 Å². The Morgan fingerprint density at radius 1 is 1.08 bits per heavy atom. The maximum atomic E-state index is 13.8. The smallest absolute Gasteiger partial charge is 0.313 e. The molecular formula is C19H16FN3O3. The number of hydrogen-bond acceptors (Lipinski definition) is 3. The molecule has 132 valence electrons. The summed E-state index contributed by atoms with van der Waals surface area (Å²) in [6.45, 7) is -0.267. The van der Waals surface area contributed by atoms with Crippen LogP contribution in [0.15, 0.2) is 70.4 Å². The lowest BCUT2D eigenvalue weighted by Gasteiger charge is -2.17. The summed E-state index contributed by atoms with van der Waals surface area (Å²) in [5.74, 6) is -1.10. The molecule has 0 aliphatic heterocycles. The number of nitrogens with one attached hydrogen (secondary N) is 1. The van der Waals surface area contributed by atoms with Crippen LogP contribution in [0.25, 0.3) is 0 Å². The highest BCUT2D eigenvalue weighted by molar-refractivity contribution is 6.05. The van der Waals surface area contributed by atoms with Gasteiger partial charge in [0.1, 0.15) is 11.4 Å². The zero-order valence-electron chi connectivity index (χ0n) is 14.0. The molecule has 0 fully saturated rings. The van der Waals surface area contributed by atoms with Crippen molar-refractivity contribution in [1.82, 2.24) is 9.55 Å². The van der Waals surface area contributed by atoms with Gasteiger partial charge in [0.2, 0.25) is 0 Å². The first-order valence-electron chi connectivity index (χ1n) is 7.88. The number of anilines is 1. The second-order valence-corrected chi connectivity index (χ2v) is 5.69. The Hall–Kier alpha value is -3.48. The van der Waals surface area contributed by atoms with Gasteiger partial charge in [0, 0.05) is 24.5 Å². The Bertz CT molecular complexity index is 1060. The van der Waals surface area contributed by atoms with Gasteiger partial charge in [-0.2, -0.15) is 0 Å². The molecule has 0 aliphatic carbocycles. The molecule has 1 amide bonds. The predicted molar refractivity (Wildman–Crippen MR) is 96.0 cm³/mol. The molecule has 0 spiro atoms. The number of nitrogens with zero attached hydrogens (tertiary/aromatic N) is 2. The van der Waals surface area contributed by atoms with Crippen LogP contribution in [0.4, 0.5) is 10.1 Å². The van der Waals surface area contributed by atoms with E-state index < -0.39 is 23.0 Å². The summed E-state index contributed by atoms with van der Waals surface area (Å²) >= 11 is 0. The molecule has 1 N–H and O–H groups in total. The van der Waals surface area contributed by atoms with Crippen molar-refractivity contribution < 1.29 is 9.18 Å². The number of aromatic amines is 1. The number of rotatable bonds is 4. The van der Waals surface area contributed by atoms with E-state index >= 15 is 0 Å². The molecule has 3 aromatic rings. The molecule has 0 bridgehead atoms. The van der Waals surface area contributed by atoms with Gasteiger partial charge in [0.25, 0.3) is 11.5 Å². The first-order chi connectivity index (χ1) is 12.5. The fourth-order valence-corrected chi connectivity index (χ4v) is 2.55. The number of carbonyl (C=O) groups is 1. The van der Waals surface area contributed by atoms with Crippen molar-refractivity contribution in [3.05, 3.63) is 98.6 Å². The van der Waals surface area contributed by atoms with Gasteiger partial charge in [-0.25, -0.2) is 9.18 Å². The van der Waals surface area contributed by atoms with E-state index in [9.17, 15) is 18.8 Å². The largest absolute Gasteiger partial charge is 0.328 e. The Morgan fingerprint density at radius 2 is 1.73 bits per heavy atom. The van der Waals surface area contributed by atoms with E-state index in [1.54, 1.807) is 30.3 Å². The van der Waals surface area contributed by atoms with Gasteiger partial charge >= 0.3 is 5.69 Å². The van der Waals surface area contributed by atoms with Gasteiger partial charge in [-0.05, 0) is 18.2 Å². The van der Waals surface area contributed by atoms with Crippen molar-refractivity contribution >= 4 is 11.6 Å². The third kappa shape index (κ3) is 3.32. The third-order valence-electron chi connectivity index (χ3n) is 4.03. The second kappa shape index (κ2) is 7.18. The molecule has 0 unspecified atom stereocenters. The molecule has 0 saturated heterocycles. The highest BCUT2D eigenvalue weighted by Gasteiger charge is 2.20. The SMILES string of the molecule is CN(C(=O)c1c[nH]c(=O)n(Cc2ccccc2F)c1=O)c1ccccc1. The summed E-state index contributed by atoms with van der Waals surface area (Å²) < 4.78 is 14.7. The van der Waals surface area contributed by atoms with E-state index in [2.05, 4.69) is 4.98 Å². The average Bonchev–Trinajstić information content (AvgIpc) is 2.66. The van der Waals surface area contributed by atoms with E-state index in [1.807, 2.05) is 6.07 Å². The van der Waals surface area contributed by atoms with Crippen molar-refractivity contribution in [2.45, 2.75) is 6.54 Å². The van der Waals surface area contributed by atoms with E-state index in [1.165, 1.54) is 30.1 Å². The summed E-state index contributed by atoms with van der Waals surface area (Å²) in [6, 6.07) is 14.6. The van der Waals surface area contributed by atoms with Crippen LogP contribution in [-0.4, -0.2) is 22.5 Å². The average molecular weight is 353 g/mol. The van der Waals surface area contributed by atoms with Gasteiger partial charge in [-0.1, -0.05) is 36.4 Å². The normalized spacial score (nSPS) is 10.5. The van der Waals surface area contributed by atoms with E-state index in [-0.39, 0.29) is 17.7 Å². The first-order valence-corrected chi connectivity index (χ1v) is 7.88. The molecule has 6 nitrogen and oxygen atoms in total. The highest BCUT2D eigenvalue weighted by Crippen LogP contribution is 2.13. The summed E-state index contributed by atoms with van der Waals surface area (Å²) in [6.07, 6.45) is 1.09. The minimum absolute atomic E-state index is 0.182. The van der Waals surface area contributed by atoms with Gasteiger partial charge in [-0.3, -0.25) is 14.2 Å². The number of benzene rings is 2. The number of hydrogen-bond donors (Lipinski definition) is 1. The lowest BCUT2D eigenvalue weighted by Crippen LogP contribution is -2.41. The fraction of sp³-hybridized carbons (Fsp3) is 0.105. The van der Waals surface area contributed by atoms with Crippen LogP contribution >= 0.6 is 0 Å². The third-order valence-corrected chi connectivity index (χ3v) is 4.03. The maximum Gasteiger partial charge on any atom is 0.328 e. The number of carbonyl (C=O) groups excluding carboxylic acids is 1. The van der Waals surface area contributed by atoms with Crippen molar-refractivity contribution in [3.8, 4) is 0 Å². The summed E-state index contributed by atoms with van der Waals surface area (Å²) in [7, 11) is 1.53. The monoisotopic (exact) mass is 353 g/mol. The molecule has 1 heterocycles. The van der Waals surface area contributed by atoms with Crippen LogP contribution in [0.5, 0.6) is 0 Å². The highest BCUT2D eigenvalue weighted by atomic mass is 19.1. The Kier molecular flexibility index (Phi) is 4.79. The maximum absolute atomic E-state index is 13.8. The Morgan fingerprint density at radius 3 is 2.42 bits per heavy atom. The Balaban J connectivity index is 2.00. The molecule has 0 aliphatic rings. The molecular weight excluding hydrogens is 337 g/mol. The van der Waals surface area contributed by atoms with Gasteiger partial charge in [0.15, 0.2) is 0 Å². The van der Waals surface area contributed by atoms with E-state index in [4.69, 9.17) is 0 Å². The van der Waals surface area contributed by atoms with Crippen molar-refractivity contribution in [2.75, 3.05) is 11.9 Å². The van der Waals surface area contributed by atoms with Crippen molar-refractivity contribution in [2.24, 2.45) is 0 Å². The van der Waals surface area contributed by atoms with Crippen LogP contribution in [0.2, 0.25) is 0 Å². The zero-order chi connectivity index (χ0) is 18.7. The van der Waals surface area contributed by atoms with Gasteiger partial charge < -0.3 is 9.88 Å². The minimum Gasteiger partial charge on any atom is -0.313 e. The molecule has 3 rings (SSSR count). The molecule has 26 heavy (non-hydrogen) atoms. The summed E-state index contributed by atoms with van der Waals surface area (Å²) in [5, 5.41) is 0. The number of H-pyrrole nitrogens is 1. The lowest BCUT2D eigenvalue weighted by atomic mass is 10.2. The van der Waals surface area contributed by atoms with Crippen molar-refractivity contribution in [1.29, 1.82) is 0 Å². The molecule has 7 heteroatoms. The second-order valence-electron chi connectivity index (χ2n) is 5.69. The van der Waals surface area contributed by atoms with E-state index in [0.717, 1.165) is 10.8 Å². The first kappa shape index (κ1) is 17.3. The zero-order valence-corrected chi connectivity index (χ0v) is 14.0. The van der Waals surface area contributed by atoms with E-state index in [0.29, 0.717) is 5.69 Å². The minimum atomic E-state index is -0.773. The predicted octanol–water partition coefficient (Wildman–Crippen LogP) is 2.00. The fourth-order valence-electron chi connectivity index (χ4n) is 2.55. The quantitative estimate of drug-likeness (QED) is 0.780. The van der Waals surface area contributed by atoms with Crippen molar-refractivity contribution in [3.63, 3.8) is 0 Å². The molecule has 0 radical (unpaired) electrons. The molecule has 0 saturated carbocycles.